The van der Waals surface area contributed by atoms with Crippen LogP contribution in [0, 0.1) is 0 Å². The average molecular weight is 849 g/mol. The van der Waals surface area contributed by atoms with Gasteiger partial charge in [-0.15, -0.1) is 0 Å². The molecule has 15 nitrogen and oxygen atoms in total. The monoisotopic (exact) mass is 848 g/mol. The Morgan fingerprint density at radius 2 is 1.84 bits per heavy atom. The fourth-order valence-corrected chi connectivity index (χ4v) is 9.30. The molecule has 0 atom stereocenters. The number of rotatable bonds is 17. The number of hydrogen-bond acceptors (Lipinski definition) is 11. The van der Waals surface area contributed by atoms with Gasteiger partial charge in [0.15, 0.2) is 12.4 Å². The molecule has 0 unspecified atom stereocenters. The number of aromatic hydroxyl groups is 1. The fraction of sp³-hybridized carbons (Fsp3) is 0.511. The number of pyridine rings is 1. The first-order chi connectivity index (χ1) is 30.3. The van der Waals surface area contributed by atoms with Crippen molar-refractivity contribution in [1.82, 2.24) is 35.2 Å². The zero-order chi connectivity index (χ0) is 42.7. The molecule has 1 spiro atoms. The van der Waals surface area contributed by atoms with E-state index in [-0.39, 0.29) is 41.7 Å². The van der Waals surface area contributed by atoms with Gasteiger partial charge >= 0.3 is 0 Å². The molecule has 1 aliphatic carbocycles. The molecule has 15 heteroatoms. The summed E-state index contributed by atoms with van der Waals surface area (Å²) in [5.41, 5.74) is 5.55. The standard InChI is InChI=1S/C47H60N8O7/c56-41-12-10-36(45-44(41)51-42(57)32-61-45)13-19-48-21-24-55(38-7-2-1-3-8-38)43(58)16-27-60-26-15-34-5-4-6-35(29-34)31-53-22-17-47(18-23-53)33-54(25-28-62-47)46(59)37-9-11-39(49-30-37)40-14-20-50-52-40/h4-6,9-12,14,20,29-30,38,48,56H,1-3,7-8,13,15-19,21-28,31-33H2,(H,50,52)(H,51,57). The second kappa shape index (κ2) is 20.7. The number of fused-ring (bicyclic) bond motifs is 1. The van der Waals surface area contributed by atoms with Crippen molar-refractivity contribution >= 4 is 23.4 Å². The Hall–Kier alpha value is -5.35. The molecule has 62 heavy (non-hydrogen) atoms. The minimum atomic E-state index is -0.326. The third-order valence-electron chi connectivity index (χ3n) is 12.7. The van der Waals surface area contributed by atoms with Crippen LogP contribution < -0.4 is 15.4 Å². The van der Waals surface area contributed by atoms with Crippen molar-refractivity contribution in [3.05, 3.63) is 89.2 Å². The Kier molecular flexibility index (Phi) is 14.4. The first kappa shape index (κ1) is 43.3. The number of phenols is 1. The van der Waals surface area contributed by atoms with E-state index in [1.807, 2.05) is 29.2 Å². The molecule has 2 aromatic heterocycles. The Balaban J connectivity index is 0.741. The highest BCUT2D eigenvalue weighted by Gasteiger charge is 2.41. The quantitative estimate of drug-likeness (QED) is 0.0836. The zero-order valence-corrected chi connectivity index (χ0v) is 35.6. The number of likely N-dealkylation sites (tertiary alicyclic amines) is 1. The van der Waals surface area contributed by atoms with Crippen LogP contribution in [0.5, 0.6) is 11.5 Å². The number of nitrogens with one attached hydrogen (secondary N) is 3. The van der Waals surface area contributed by atoms with Gasteiger partial charge in [-0.05, 0) is 86.0 Å². The molecule has 2 aromatic carbocycles. The van der Waals surface area contributed by atoms with Crippen LogP contribution in [0.3, 0.4) is 0 Å². The van der Waals surface area contributed by atoms with Gasteiger partial charge in [0.2, 0.25) is 5.91 Å². The van der Waals surface area contributed by atoms with Crippen LogP contribution >= 0.6 is 0 Å². The minimum absolute atomic E-state index is 0.00698. The van der Waals surface area contributed by atoms with E-state index in [0.717, 1.165) is 81.5 Å². The first-order valence-electron chi connectivity index (χ1n) is 22.4. The third-order valence-corrected chi connectivity index (χ3v) is 12.7. The van der Waals surface area contributed by atoms with Crippen LogP contribution in [0.15, 0.2) is 67.0 Å². The van der Waals surface area contributed by atoms with E-state index in [0.29, 0.717) is 82.4 Å². The summed E-state index contributed by atoms with van der Waals surface area (Å²) in [5, 5.41) is 23.2. The highest BCUT2D eigenvalue weighted by Crippen LogP contribution is 2.39. The first-order valence-corrected chi connectivity index (χ1v) is 22.4. The van der Waals surface area contributed by atoms with Crippen molar-refractivity contribution in [3.8, 4) is 22.9 Å². The highest BCUT2D eigenvalue weighted by molar-refractivity contribution is 5.97. The minimum Gasteiger partial charge on any atom is -0.506 e. The maximum Gasteiger partial charge on any atom is 0.262 e. The van der Waals surface area contributed by atoms with Crippen LogP contribution in [-0.2, 0) is 38.4 Å². The number of hydrogen-bond donors (Lipinski definition) is 4. The molecule has 3 fully saturated rings. The van der Waals surface area contributed by atoms with Crippen LogP contribution in [0.1, 0.15) is 78.4 Å². The van der Waals surface area contributed by atoms with E-state index >= 15 is 0 Å². The number of carbonyl (C=O) groups is 3. The van der Waals surface area contributed by atoms with Crippen LogP contribution in [-0.4, -0.2) is 137 Å². The number of phenolic OH excluding ortho intramolecular Hbond substituents is 1. The van der Waals surface area contributed by atoms with E-state index < -0.39 is 0 Å². The molecular formula is C47H60N8O7. The number of morpholine rings is 1. The van der Waals surface area contributed by atoms with Crippen molar-refractivity contribution in [2.45, 2.75) is 82.4 Å². The molecule has 0 radical (unpaired) electrons. The van der Waals surface area contributed by atoms with Gasteiger partial charge < -0.3 is 39.8 Å². The van der Waals surface area contributed by atoms with Gasteiger partial charge in [0.1, 0.15) is 11.4 Å². The van der Waals surface area contributed by atoms with E-state index in [1.54, 1.807) is 18.5 Å². The van der Waals surface area contributed by atoms with E-state index in [4.69, 9.17) is 14.2 Å². The zero-order valence-electron chi connectivity index (χ0n) is 35.6. The molecule has 5 heterocycles. The molecule has 0 bridgehead atoms. The Bertz CT molecular complexity index is 2120. The fourth-order valence-electron chi connectivity index (χ4n) is 9.30. The summed E-state index contributed by atoms with van der Waals surface area (Å²) >= 11 is 0. The molecule has 4 aromatic rings. The lowest BCUT2D eigenvalue weighted by Gasteiger charge is -2.47. The van der Waals surface area contributed by atoms with Crippen molar-refractivity contribution in [3.63, 3.8) is 0 Å². The lowest BCUT2D eigenvalue weighted by atomic mass is 9.89. The van der Waals surface area contributed by atoms with Gasteiger partial charge in [-0.25, -0.2) is 0 Å². The number of ether oxygens (including phenoxy) is 3. The largest absolute Gasteiger partial charge is 0.506 e. The summed E-state index contributed by atoms with van der Waals surface area (Å²) in [6.45, 7) is 7.22. The van der Waals surface area contributed by atoms with E-state index in [1.165, 1.54) is 17.5 Å². The van der Waals surface area contributed by atoms with Crippen LogP contribution in [0.4, 0.5) is 5.69 Å². The normalized spacial score (nSPS) is 17.9. The number of nitrogens with zero attached hydrogens (tertiary/aromatic N) is 5. The lowest BCUT2D eigenvalue weighted by molar-refractivity contribution is -0.135. The van der Waals surface area contributed by atoms with Gasteiger partial charge in [-0.3, -0.25) is 29.4 Å². The van der Waals surface area contributed by atoms with Crippen LogP contribution in [0.2, 0.25) is 0 Å². The van der Waals surface area contributed by atoms with Gasteiger partial charge in [-0.2, -0.15) is 5.10 Å². The van der Waals surface area contributed by atoms with Crippen molar-refractivity contribution < 1.29 is 33.7 Å². The summed E-state index contributed by atoms with van der Waals surface area (Å²) in [6.07, 6.45) is 12.5. The third kappa shape index (κ3) is 11.0. The number of piperidine rings is 1. The Morgan fingerprint density at radius 3 is 2.65 bits per heavy atom. The second-order valence-corrected chi connectivity index (χ2v) is 17.0. The number of carbonyl (C=O) groups excluding carboxylic acids is 3. The molecule has 8 rings (SSSR count). The van der Waals surface area contributed by atoms with E-state index in [2.05, 4.69) is 59.9 Å². The molecule has 4 aliphatic rings. The number of amides is 3. The van der Waals surface area contributed by atoms with Gasteiger partial charge in [0.05, 0.1) is 55.3 Å². The maximum atomic E-state index is 13.6. The smallest absolute Gasteiger partial charge is 0.262 e. The van der Waals surface area contributed by atoms with Gasteiger partial charge in [0, 0.05) is 57.7 Å². The van der Waals surface area contributed by atoms with Crippen molar-refractivity contribution in [1.29, 1.82) is 0 Å². The maximum absolute atomic E-state index is 13.6. The van der Waals surface area contributed by atoms with Crippen molar-refractivity contribution in [2.24, 2.45) is 0 Å². The summed E-state index contributed by atoms with van der Waals surface area (Å²) in [5.74, 6) is 0.369. The summed E-state index contributed by atoms with van der Waals surface area (Å²) in [4.78, 5) is 49.7. The number of aromatic amines is 1. The number of aromatic nitrogens is 3. The van der Waals surface area contributed by atoms with Crippen LogP contribution in [0.25, 0.3) is 11.4 Å². The van der Waals surface area contributed by atoms with Gasteiger partial charge in [-0.1, -0.05) is 49.6 Å². The summed E-state index contributed by atoms with van der Waals surface area (Å²) < 4.78 is 18.1. The SMILES string of the molecule is O=C1COc2c(CCNCCN(C(=O)CCOCCc3cccc(CN4CCC5(CC4)CN(C(=O)c4ccc(-c6ccn[nH]6)nc4)CCO5)c3)C3CCCCC3)ccc(O)c2N1. The number of H-pyrrole nitrogens is 1. The molecule has 2 saturated heterocycles. The molecular weight excluding hydrogens is 789 g/mol. The number of anilines is 1. The summed E-state index contributed by atoms with van der Waals surface area (Å²) in [7, 11) is 0. The molecule has 1 saturated carbocycles. The topological polar surface area (TPSA) is 174 Å². The predicted octanol–water partition coefficient (Wildman–Crippen LogP) is 4.96. The molecule has 330 valence electrons. The lowest BCUT2D eigenvalue weighted by Crippen LogP contribution is -2.57. The van der Waals surface area contributed by atoms with E-state index in [9.17, 15) is 19.5 Å². The Morgan fingerprint density at radius 1 is 0.984 bits per heavy atom. The number of benzene rings is 2. The summed E-state index contributed by atoms with van der Waals surface area (Å²) in [6, 6.07) is 17.9. The van der Waals surface area contributed by atoms with Crippen molar-refractivity contribution in [2.75, 3.05) is 77.6 Å². The molecule has 3 amide bonds. The predicted molar refractivity (Wildman–Crippen MR) is 234 cm³/mol. The molecule has 3 aliphatic heterocycles. The second-order valence-electron chi connectivity index (χ2n) is 17.0. The van der Waals surface area contributed by atoms with Gasteiger partial charge in [0.25, 0.3) is 11.8 Å². The average Bonchev–Trinajstić information content (AvgIpc) is 3.85. The Labute approximate surface area is 363 Å². The highest BCUT2D eigenvalue weighted by atomic mass is 16.5. The molecule has 4 N–H and O–H groups in total.